The third-order valence-electron chi connectivity index (χ3n) is 5.94. The topological polar surface area (TPSA) is 86.8 Å². The third-order valence-corrected chi connectivity index (χ3v) is 8.25. The molecule has 0 bridgehead atoms. The van der Waals surface area contributed by atoms with Crippen LogP contribution in [0.15, 0.2) is 77.7 Å². The lowest BCUT2D eigenvalue weighted by molar-refractivity contribution is -0.139. The zero-order valence-electron chi connectivity index (χ0n) is 21.5. The first-order valence-corrected chi connectivity index (χ1v) is 14.4. The summed E-state index contributed by atoms with van der Waals surface area (Å²) in [5, 5.41) is 3.22. The molecule has 3 rings (SSSR count). The molecule has 7 nitrogen and oxygen atoms in total. The molecule has 38 heavy (non-hydrogen) atoms. The Morgan fingerprint density at radius 2 is 1.68 bits per heavy atom. The Kier molecular flexibility index (Phi) is 10.2. The molecule has 202 valence electrons. The average Bonchev–Trinajstić information content (AvgIpc) is 2.89. The zero-order chi connectivity index (χ0) is 27.9. The van der Waals surface area contributed by atoms with E-state index in [-0.39, 0.29) is 28.1 Å². The fourth-order valence-electron chi connectivity index (χ4n) is 3.90. The number of rotatable bonds is 11. The first-order valence-electron chi connectivity index (χ1n) is 12.2. The smallest absolute Gasteiger partial charge is 0.264 e. The summed E-state index contributed by atoms with van der Waals surface area (Å²) in [6.45, 7) is 5.51. The second-order valence-electron chi connectivity index (χ2n) is 8.90. The van der Waals surface area contributed by atoms with Crippen LogP contribution >= 0.6 is 23.2 Å². The number of hydrogen-bond donors (Lipinski definition) is 1. The molecule has 10 heteroatoms. The van der Waals surface area contributed by atoms with E-state index in [1.807, 2.05) is 38.1 Å². The van der Waals surface area contributed by atoms with Crippen LogP contribution in [0.25, 0.3) is 0 Å². The molecule has 1 N–H and O–H groups in total. The number of nitrogens with zero attached hydrogens (tertiary/aromatic N) is 2. The van der Waals surface area contributed by atoms with Crippen molar-refractivity contribution in [1.29, 1.82) is 0 Å². The second kappa shape index (κ2) is 13.1. The highest BCUT2D eigenvalue weighted by Crippen LogP contribution is 2.33. The lowest BCUT2D eigenvalue weighted by Gasteiger charge is -2.32. The highest BCUT2D eigenvalue weighted by molar-refractivity contribution is 7.92. The maximum atomic E-state index is 13.9. The first-order chi connectivity index (χ1) is 18.0. The lowest BCUT2D eigenvalue weighted by atomic mass is 10.1. The molecule has 0 spiro atoms. The number of halogens is 2. The van der Waals surface area contributed by atoms with Crippen LogP contribution in [0.1, 0.15) is 31.4 Å². The maximum Gasteiger partial charge on any atom is 0.264 e. The van der Waals surface area contributed by atoms with Gasteiger partial charge in [-0.1, -0.05) is 78.2 Å². The lowest BCUT2D eigenvalue weighted by Crippen LogP contribution is -2.51. The van der Waals surface area contributed by atoms with Gasteiger partial charge in [-0.25, -0.2) is 8.42 Å². The molecule has 0 unspecified atom stereocenters. The summed E-state index contributed by atoms with van der Waals surface area (Å²) in [7, 11) is -4.20. The molecule has 0 aliphatic rings. The van der Waals surface area contributed by atoms with Crippen LogP contribution in [0.2, 0.25) is 10.0 Å². The molecule has 3 aromatic rings. The normalized spacial score (nSPS) is 12.0. The number of nitrogens with one attached hydrogen (secondary N) is 1. The molecule has 0 heterocycles. The van der Waals surface area contributed by atoms with Crippen molar-refractivity contribution in [3.63, 3.8) is 0 Å². The van der Waals surface area contributed by atoms with E-state index in [0.717, 1.165) is 21.9 Å². The third kappa shape index (κ3) is 7.28. The van der Waals surface area contributed by atoms with Crippen LogP contribution in [-0.2, 0) is 26.2 Å². The summed E-state index contributed by atoms with van der Waals surface area (Å²) in [5.41, 5.74) is 1.92. The van der Waals surface area contributed by atoms with E-state index in [9.17, 15) is 18.0 Å². The monoisotopic (exact) mass is 575 g/mol. The van der Waals surface area contributed by atoms with Crippen LogP contribution in [0, 0.1) is 6.92 Å². The average molecular weight is 577 g/mol. The van der Waals surface area contributed by atoms with Crippen molar-refractivity contribution in [3.05, 3.63) is 94.0 Å². The maximum absolute atomic E-state index is 13.9. The van der Waals surface area contributed by atoms with Gasteiger partial charge in [-0.05, 0) is 56.2 Å². The van der Waals surface area contributed by atoms with Gasteiger partial charge in [0.05, 0.1) is 15.6 Å². The highest BCUT2D eigenvalue weighted by Gasteiger charge is 2.33. The van der Waals surface area contributed by atoms with Crippen molar-refractivity contribution in [2.45, 2.75) is 44.7 Å². The molecule has 0 aliphatic carbocycles. The summed E-state index contributed by atoms with van der Waals surface area (Å²) in [4.78, 5) is 28.1. The van der Waals surface area contributed by atoms with Crippen LogP contribution in [0.5, 0.6) is 0 Å². The Hall–Kier alpha value is -3.07. The van der Waals surface area contributed by atoms with Gasteiger partial charge < -0.3 is 10.2 Å². The van der Waals surface area contributed by atoms with E-state index in [1.165, 1.54) is 35.2 Å². The van der Waals surface area contributed by atoms with Crippen LogP contribution < -0.4 is 9.62 Å². The summed E-state index contributed by atoms with van der Waals surface area (Å²) in [6.07, 6.45) is 0.739. The van der Waals surface area contributed by atoms with Crippen molar-refractivity contribution in [1.82, 2.24) is 10.2 Å². The van der Waals surface area contributed by atoms with E-state index in [4.69, 9.17) is 23.2 Å². The van der Waals surface area contributed by atoms with Gasteiger partial charge in [-0.15, -0.1) is 0 Å². The molecule has 0 aromatic heterocycles. The highest BCUT2D eigenvalue weighted by atomic mass is 35.5. The van der Waals surface area contributed by atoms with Gasteiger partial charge >= 0.3 is 0 Å². The minimum Gasteiger partial charge on any atom is -0.354 e. The number of amides is 2. The molecular formula is C28H31Cl2N3O4S. The van der Waals surface area contributed by atoms with Gasteiger partial charge in [0.2, 0.25) is 11.8 Å². The predicted octanol–water partition coefficient (Wildman–Crippen LogP) is 5.44. The van der Waals surface area contributed by atoms with Gasteiger partial charge in [-0.2, -0.15) is 0 Å². The largest absolute Gasteiger partial charge is 0.354 e. The first kappa shape index (κ1) is 29.5. The number of carbonyl (C=O) groups is 2. The quantitative estimate of drug-likeness (QED) is 0.330. The molecule has 1 atom stereocenters. The van der Waals surface area contributed by atoms with Gasteiger partial charge in [0.1, 0.15) is 12.6 Å². The molecular weight excluding hydrogens is 545 g/mol. The van der Waals surface area contributed by atoms with Crippen molar-refractivity contribution >= 4 is 50.7 Å². The summed E-state index contributed by atoms with van der Waals surface area (Å²) >= 11 is 12.5. The summed E-state index contributed by atoms with van der Waals surface area (Å²) in [5.74, 6) is -0.883. The van der Waals surface area contributed by atoms with Crippen LogP contribution in [0.3, 0.4) is 0 Å². The minimum absolute atomic E-state index is 0.00205. The SMILES string of the molecule is CCCNC(=O)[C@@H](C)N(Cc1cccc(C)c1)C(=O)CN(c1ccc(Cl)cc1Cl)S(=O)(=O)c1ccccc1. The Morgan fingerprint density at radius 1 is 0.974 bits per heavy atom. The van der Waals surface area contributed by atoms with Crippen molar-refractivity contribution in [2.75, 3.05) is 17.4 Å². The Balaban J connectivity index is 2.04. The van der Waals surface area contributed by atoms with Gasteiger partial charge in [0, 0.05) is 18.1 Å². The molecule has 3 aromatic carbocycles. The predicted molar refractivity (Wildman–Crippen MR) is 152 cm³/mol. The summed E-state index contributed by atoms with van der Waals surface area (Å²) in [6, 6.07) is 18.9. The van der Waals surface area contributed by atoms with E-state index < -0.39 is 28.5 Å². The Labute approximate surface area is 234 Å². The molecule has 0 fully saturated rings. The van der Waals surface area contributed by atoms with Crippen molar-refractivity contribution < 1.29 is 18.0 Å². The number of carbonyl (C=O) groups excluding carboxylic acids is 2. The van der Waals surface area contributed by atoms with E-state index in [1.54, 1.807) is 25.1 Å². The van der Waals surface area contributed by atoms with Gasteiger partial charge in [-0.3, -0.25) is 13.9 Å². The Bertz CT molecular complexity index is 1380. The molecule has 0 radical (unpaired) electrons. The van der Waals surface area contributed by atoms with E-state index in [2.05, 4.69) is 5.32 Å². The zero-order valence-corrected chi connectivity index (χ0v) is 23.9. The van der Waals surface area contributed by atoms with Crippen molar-refractivity contribution in [2.24, 2.45) is 0 Å². The number of aryl methyl sites for hydroxylation is 1. The van der Waals surface area contributed by atoms with Gasteiger partial charge in [0.25, 0.3) is 10.0 Å². The van der Waals surface area contributed by atoms with Gasteiger partial charge in [0.15, 0.2) is 0 Å². The van der Waals surface area contributed by atoms with Crippen molar-refractivity contribution in [3.8, 4) is 0 Å². The van der Waals surface area contributed by atoms with Crippen LogP contribution in [0.4, 0.5) is 5.69 Å². The number of anilines is 1. The van der Waals surface area contributed by atoms with Crippen LogP contribution in [-0.4, -0.2) is 44.3 Å². The number of hydrogen-bond acceptors (Lipinski definition) is 4. The fraction of sp³-hybridized carbons (Fsp3) is 0.286. The molecule has 0 aliphatic heterocycles. The molecule has 0 saturated carbocycles. The number of sulfonamides is 1. The number of benzene rings is 3. The standard InChI is InChI=1S/C28H31Cl2N3O4S/c1-4-15-31-28(35)21(3)32(18-22-10-8-9-20(2)16-22)27(34)19-33(26-14-13-23(29)17-25(26)30)38(36,37)24-11-6-5-7-12-24/h5-14,16-17,21H,4,15,18-19H2,1-3H3,(H,31,35)/t21-/m1/s1. The second-order valence-corrected chi connectivity index (χ2v) is 11.6. The fourth-order valence-corrected chi connectivity index (χ4v) is 5.92. The summed E-state index contributed by atoms with van der Waals surface area (Å²) < 4.78 is 28.5. The Morgan fingerprint density at radius 3 is 2.32 bits per heavy atom. The van der Waals surface area contributed by atoms with E-state index >= 15 is 0 Å². The minimum atomic E-state index is -4.20. The molecule has 0 saturated heterocycles. The van der Waals surface area contributed by atoms with E-state index in [0.29, 0.717) is 11.6 Å². The molecule has 2 amide bonds.